The number of halogens is 1. The molecule has 2 aromatic carbocycles. The van der Waals surface area contributed by atoms with E-state index in [0.29, 0.717) is 30.8 Å². The van der Waals surface area contributed by atoms with Crippen molar-refractivity contribution in [2.24, 2.45) is 11.8 Å². The Morgan fingerprint density at radius 3 is 2.42 bits per heavy atom. The summed E-state index contributed by atoms with van der Waals surface area (Å²) in [5, 5.41) is 3.57. The Bertz CT molecular complexity index is 881. The van der Waals surface area contributed by atoms with Crippen molar-refractivity contribution in [2.45, 2.75) is 64.8 Å². The van der Waals surface area contributed by atoms with Crippen LogP contribution in [0.15, 0.2) is 48.5 Å². The summed E-state index contributed by atoms with van der Waals surface area (Å²) in [4.78, 5) is 15.5. The number of fused-ring (bicyclic) bond motifs is 1. The molecule has 5 heteroatoms. The molecule has 1 amide bonds. The molecular formula is C26H33FN2O2. The number of carbonyl (C=O) groups is 1. The van der Waals surface area contributed by atoms with Gasteiger partial charge in [-0.15, -0.1) is 0 Å². The van der Waals surface area contributed by atoms with Crippen LogP contribution in [0.2, 0.25) is 0 Å². The third kappa shape index (κ3) is 5.27. The fraction of sp³-hybridized carbons (Fsp3) is 0.500. The van der Waals surface area contributed by atoms with Gasteiger partial charge in [-0.1, -0.05) is 24.3 Å². The van der Waals surface area contributed by atoms with Gasteiger partial charge in [0.1, 0.15) is 11.6 Å². The number of amides is 1. The monoisotopic (exact) mass is 424 g/mol. The fourth-order valence-corrected chi connectivity index (χ4v) is 5.16. The second kappa shape index (κ2) is 9.39. The number of rotatable bonds is 7. The van der Waals surface area contributed by atoms with E-state index in [-0.39, 0.29) is 23.9 Å². The third-order valence-corrected chi connectivity index (χ3v) is 6.75. The molecule has 1 heterocycles. The molecule has 4 rings (SSSR count). The summed E-state index contributed by atoms with van der Waals surface area (Å²) < 4.78 is 19.1. The number of hydrogen-bond donors (Lipinski definition) is 1. The van der Waals surface area contributed by atoms with Crippen molar-refractivity contribution < 1.29 is 13.9 Å². The minimum Gasteiger partial charge on any atom is -0.491 e. The maximum Gasteiger partial charge on any atom is 0.227 e. The van der Waals surface area contributed by atoms with E-state index in [1.807, 2.05) is 43.0 Å². The summed E-state index contributed by atoms with van der Waals surface area (Å²) in [5.41, 5.74) is 1.96. The first-order valence-corrected chi connectivity index (χ1v) is 11.4. The molecule has 1 saturated carbocycles. The van der Waals surface area contributed by atoms with Crippen LogP contribution in [0, 0.1) is 17.7 Å². The minimum atomic E-state index is -0.249. The lowest BCUT2D eigenvalue weighted by Crippen LogP contribution is -2.40. The van der Waals surface area contributed by atoms with E-state index >= 15 is 0 Å². The first kappa shape index (κ1) is 21.8. The molecule has 2 aromatic rings. The van der Waals surface area contributed by atoms with Crippen LogP contribution in [0.25, 0.3) is 0 Å². The maximum atomic E-state index is 13.4. The Morgan fingerprint density at radius 2 is 1.77 bits per heavy atom. The number of nitrogens with one attached hydrogen (secondary N) is 1. The molecule has 31 heavy (non-hydrogen) atoms. The van der Waals surface area contributed by atoms with Gasteiger partial charge in [-0.2, -0.15) is 0 Å². The zero-order valence-electron chi connectivity index (χ0n) is 18.7. The quantitative estimate of drug-likeness (QED) is 0.708. The molecule has 4 nitrogen and oxygen atoms in total. The second-order valence-corrected chi connectivity index (χ2v) is 9.38. The number of ether oxygens (including phenoxy) is 1. The summed E-state index contributed by atoms with van der Waals surface area (Å²) in [5.74, 6) is 1.96. The topological polar surface area (TPSA) is 41.6 Å². The smallest absolute Gasteiger partial charge is 0.227 e. The standard InChI is InChI=1S/C26H33FN2O2/c1-17(2)31-24-10-6-19(7-11-24)12-26(30)29(16-20-4-8-22(27)9-5-20)23-13-21-15-28-18(3)25(21)14-23/h4-11,17-18,21,23,25,28H,12-16H2,1-3H3/t18-,21+,23-,25+/m0/s1. The van der Waals surface area contributed by atoms with E-state index < -0.39 is 0 Å². The van der Waals surface area contributed by atoms with Crippen molar-refractivity contribution in [3.05, 3.63) is 65.5 Å². The van der Waals surface area contributed by atoms with Crippen molar-refractivity contribution in [3.8, 4) is 5.75 Å². The molecule has 1 aliphatic heterocycles. The van der Waals surface area contributed by atoms with E-state index in [1.165, 1.54) is 12.1 Å². The number of hydrogen-bond acceptors (Lipinski definition) is 3. The number of nitrogens with zero attached hydrogens (tertiary/aromatic N) is 1. The molecule has 0 bridgehead atoms. The average Bonchev–Trinajstić information content (AvgIpc) is 3.30. The third-order valence-electron chi connectivity index (χ3n) is 6.75. The molecule has 1 saturated heterocycles. The highest BCUT2D eigenvalue weighted by atomic mass is 19.1. The molecule has 1 N–H and O–H groups in total. The highest BCUT2D eigenvalue weighted by Gasteiger charge is 2.44. The zero-order chi connectivity index (χ0) is 22.0. The Hall–Kier alpha value is -2.40. The summed E-state index contributed by atoms with van der Waals surface area (Å²) in [7, 11) is 0. The Kier molecular flexibility index (Phi) is 6.61. The minimum absolute atomic E-state index is 0.123. The van der Waals surface area contributed by atoms with Gasteiger partial charge in [0.15, 0.2) is 0 Å². The van der Waals surface area contributed by atoms with E-state index in [9.17, 15) is 9.18 Å². The summed E-state index contributed by atoms with van der Waals surface area (Å²) in [6, 6.07) is 15.1. The largest absolute Gasteiger partial charge is 0.491 e. The van der Waals surface area contributed by atoms with Gasteiger partial charge in [0.2, 0.25) is 5.91 Å². The molecule has 0 unspecified atom stereocenters. The van der Waals surface area contributed by atoms with E-state index in [0.717, 1.165) is 36.3 Å². The summed E-state index contributed by atoms with van der Waals surface area (Å²) >= 11 is 0. The van der Waals surface area contributed by atoms with E-state index in [2.05, 4.69) is 12.2 Å². The first-order valence-electron chi connectivity index (χ1n) is 11.4. The van der Waals surface area contributed by atoms with Crippen LogP contribution in [0.4, 0.5) is 4.39 Å². The molecule has 0 aromatic heterocycles. The normalized spacial score (nSPS) is 24.9. The van der Waals surface area contributed by atoms with E-state index in [4.69, 9.17) is 4.74 Å². The average molecular weight is 425 g/mol. The van der Waals surface area contributed by atoms with Gasteiger partial charge in [0.25, 0.3) is 0 Å². The Balaban J connectivity index is 1.49. The maximum absolute atomic E-state index is 13.4. The lowest BCUT2D eigenvalue weighted by atomic mass is 9.95. The Labute approximate surface area is 184 Å². The van der Waals surface area contributed by atoms with Gasteiger partial charge in [-0.3, -0.25) is 4.79 Å². The summed E-state index contributed by atoms with van der Waals surface area (Å²) in [6.07, 6.45) is 2.56. The molecular weight excluding hydrogens is 391 g/mol. The second-order valence-electron chi connectivity index (χ2n) is 9.38. The SMILES string of the molecule is CC(C)Oc1ccc(CC(=O)N(Cc2ccc(F)cc2)[C@H]2C[C@@H]3CN[C@@H](C)[C@H]3C2)cc1. The van der Waals surface area contributed by atoms with Crippen LogP contribution in [-0.4, -0.2) is 35.5 Å². The lowest BCUT2D eigenvalue weighted by molar-refractivity contribution is -0.133. The number of benzene rings is 2. The van der Waals surface area contributed by atoms with Gasteiger partial charge in [0, 0.05) is 18.6 Å². The van der Waals surface area contributed by atoms with Crippen LogP contribution in [-0.2, 0) is 17.8 Å². The number of carbonyl (C=O) groups excluding carboxylic acids is 1. The van der Waals surface area contributed by atoms with Crippen molar-refractivity contribution in [1.82, 2.24) is 10.2 Å². The molecule has 166 valence electrons. The van der Waals surface area contributed by atoms with Gasteiger partial charge in [-0.25, -0.2) is 4.39 Å². The predicted molar refractivity (Wildman–Crippen MR) is 120 cm³/mol. The van der Waals surface area contributed by atoms with Gasteiger partial charge in [0.05, 0.1) is 12.5 Å². The van der Waals surface area contributed by atoms with Gasteiger partial charge < -0.3 is 15.0 Å². The van der Waals surface area contributed by atoms with Crippen LogP contribution in [0.3, 0.4) is 0 Å². The molecule has 0 spiro atoms. The van der Waals surface area contributed by atoms with E-state index in [1.54, 1.807) is 12.1 Å². The van der Waals surface area contributed by atoms with Gasteiger partial charge >= 0.3 is 0 Å². The molecule has 1 aliphatic carbocycles. The predicted octanol–water partition coefficient (Wildman–Crippen LogP) is 4.57. The van der Waals surface area contributed by atoms with Crippen LogP contribution in [0.5, 0.6) is 5.75 Å². The first-order chi connectivity index (χ1) is 14.9. The van der Waals surface area contributed by atoms with Crippen molar-refractivity contribution in [2.75, 3.05) is 6.54 Å². The highest BCUT2D eigenvalue weighted by molar-refractivity contribution is 5.79. The van der Waals surface area contributed by atoms with Crippen molar-refractivity contribution in [3.63, 3.8) is 0 Å². The molecule has 4 atom stereocenters. The Morgan fingerprint density at radius 1 is 1.10 bits per heavy atom. The van der Waals surface area contributed by atoms with Gasteiger partial charge in [-0.05, 0) is 87.4 Å². The lowest BCUT2D eigenvalue weighted by Gasteiger charge is -2.30. The summed E-state index contributed by atoms with van der Waals surface area (Å²) in [6.45, 7) is 7.81. The molecule has 2 fully saturated rings. The van der Waals surface area contributed by atoms with Crippen LogP contribution < -0.4 is 10.1 Å². The molecule has 0 radical (unpaired) electrons. The fourth-order valence-electron chi connectivity index (χ4n) is 5.16. The van der Waals surface area contributed by atoms with Crippen LogP contribution in [0.1, 0.15) is 44.7 Å². The van der Waals surface area contributed by atoms with Crippen molar-refractivity contribution in [1.29, 1.82) is 0 Å². The zero-order valence-corrected chi connectivity index (χ0v) is 18.7. The van der Waals surface area contributed by atoms with Crippen LogP contribution >= 0.6 is 0 Å². The molecule has 2 aliphatic rings. The van der Waals surface area contributed by atoms with Crippen molar-refractivity contribution >= 4 is 5.91 Å². The highest BCUT2D eigenvalue weighted by Crippen LogP contribution is 2.40.